The zero-order valence-electron chi connectivity index (χ0n) is 9.84. The van der Waals surface area contributed by atoms with Crippen LogP contribution < -0.4 is 11.1 Å². The van der Waals surface area contributed by atoms with Crippen LogP contribution in [0.15, 0.2) is 18.2 Å². The Hall–Kier alpha value is -0.770. The fourth-order valence-corrected chi connectivity index (χ4v) is 1.85. The van der Waals surface area contributed by atoms with Crippen molar-refractivity contribution in [2.24, 2.45) is 11.7 Å². The molecule has 3 nitrogen and oxygen atoms in total. The smallest absolute Gasteiger partial charge is 0.224 e. The summed E-state index contributed by atoms with van der Waals surface area (Å²) in [6, 6.07) is 4.99. The van der Waals surface area contributed by atoms with Crippen molar-refractivity contribution in [2.45, 2.75) is 19.9 Å². The number of nitrogens with two attached hydrogens (primary N) is 1. The van der Waals surface area contributed by atoms with Gasteiger partial charge in [0.15, 0.2) is 0 Å². The van der Waals surface area contributed by atoms with E-state index in [2.05, 4.69) is 5.32 Å². The van der Waals surface area contributed by atoms with Gasteiger partial charge in [0.2, 0.25) is 5.91 Å². The predicted molar refractivity (Wildman–Crippen MR) is 71.2 cm³/mol. The topological polar surface area (TPSA) is 55.1 Å². The van der Waals surface area contributed by atoms with Crippen LogP contribution in [0.2, 0.25) is 10.0 Å². The lowest BCUT2D eigenvalue weighted by atomic mass is 10.1. The Balaban J connectivity index is 2.79. The molecule has 17 heavy (non-hydrogen) atoms. The molecule has 0 radical (unpaired) electrons. The molecule has 94 valence electrons. The quantitative estimate of drug-likeness (QED) is 0.887. The van der Waals surface area contributed by atoms with Gasteiger partial charge in [0.25, 0.3) is 0 Å². The molecule has 1 rings (SSSR count). The molecule has 0 aliphatic rings. The normalized spacial score (nSPS) is 14.2. The van der Waals surface area contributed by atoms with Gasteiger partial charge in [-0.2, -0.15) is 0 Å². The van der Waals surface area contributed by atoms with Crippen molar-refractivity contribution in [3.8, 4) is 0 Å². The van der Waals surface area contributed by atoms with Gasteiger partial charge in [-0.05, 0) is 30.7 Å². The summed E-state index contributed by atoms with van der Waals surface area (Å²) in [5, 5.41) is 4.03. The molecule has 2 atom stereocenters. The van der Waals surface area contributed by atoms with E-state index < -0.39 is 0 Å². The summed E-state index contributed by atoms with van der Waals surface area (Å²) in [5.74, 6) is -0.300. The minimum atomic E-state index is -0.213. The first kappa shape index (κ1) is 14.3. The molecular weight excluding hydrogens is 259 g/mol. The number of carbonyl (C=O) groups is 1. The third-order valence-electron chi connectivity index (χ3n) is 2.58. The first-order valence-corrected chi connectivity index (χ1v) is 6.16. The summed E-state index contributed by atoms with van der Waals surface area (Å²) in [7, 11) is 0. The number of carbonyl (C=O) groups excluding carboxylic acids is 1. The number of halogens is 2. The van der Waals surface area contributed by atoms with Crippen molar-refractivity contribution in [3.63, 3.8) is 0 Å². The molecule has 0 aliphatic carbocycles. The number of nitrogens with one attached hydrogen (secondary N) is 1. The first-order chi connectivity index (χ1) is 7.95. The average molecular weight is 275 g/mol. The fourth-order valence-electron chi connectivity index (χ4n) is 1.39. The summed E-state index contributed by atoms with van der Waals surface area (Å²) in [6.45, 7) is 3.96. The van der Waals surface area contributed by atoms with Gasteiger partial charge in [-0.3, -0.25) is 4.79 Å². The number of benzene rings is 1. The average Bonchev–Trinajstić information content (AvgIpc) is 2.30. The second kappa shape index (κ2) is 6.24. The van der Waals surface area contributed by atoms with Crippen LogP contribution in [-0.4, -0.2) is 12.5 Å². The highest BCUT2D eigenvalue weighted by molar-refractivity contribution is 6.33. The molecule has 0 heterocycles. The van der Waals surface area contributed by atoms with Crippen LogP contribution in [0, 0.1) is 5.92 Å². The number of hydrogen-bond acceptors (Lipinski definition) is 2. The second-order valence-electron chi connectivity index (χ2n) is 4.03. The predicted octanol–water partition coefficient (Wildman–Crippen LogP) is 2.77. The van der Waals surface area contributed by atoms with Crippen molar-refractivity contribution >= 4 is 29.1 Å². The Morgan fingerprint density at radius 2 is 2.06 bits per heavy atom. The molecule has 1 amide bonds. The maximum Gasteiger partial charge on any atom is 0.224 e. The molecule has 3 N–H and O–H groups in total. The van der Waals surface area contributed by atoms with E-state index >= 15 is 0 Å². The zero-order chi connectivity index (χ0) is 13.0. The largest absolute Gasteiger partial charge is 0.349 e. The standard InChI is InChI=1S/C12H16Cl2N2O/c1-7(6-15)12(17)16-8(2)10-5-9(13)3-4-11(10)14/h3-5,7-8H,6,15H2,1-2H3,(H,16,17). The van der Waals surface area contributed by atoms with E-state index in [-0.39, 0.29) is 17.9 Å². The van der Waals surface area contributed by atoms with E-state index in [0.29, 0.717) is 16.6 Å². The molecule has 0 spiro atoms. The molecule has 0 saturated carbocycles. The van der Waals surface area contributed by atoms with Crippen LogP contribution >= 0.6 is 23.2 Å². The van der Waals surface area contributed by atoms with E-state index in [9.17, 15) is 4.79 Å². The van der Waals surface area contributed by atoms with Crippen molar-refractivity contribution in [2.75, 3.05) is 6.54 Å². The van der Waals surface area contributed by atoms with Gasteiger partial charge in [-0.15, -0.1) is 0 Å². The first-order valence-electron chi connectivity index (χ1n) is 5.41. The van der Waals surface area contributed by atoms with Crippen molar-refractivity contribution in [1.82, 2.24) is 5.32 Å². The summed E-state index contributed by atoms with van der Waals surface area (Å²) in [6.07, 6.45) is 0. The Labute approximate surface area is 111 Å². The van der Waals surface area contributed by atoms with E-state index in [4.69, 9.17) is 28.9 Å². The Bertz CT molecular complexity index is 409. The minimum absolute atomic E-state index is 0.0870. The molecular formula is C12H16Cl2N2O. The Morgan fingerprint density at radius 3 is 2.65 bits per heavy atom. The molecule has 0 bridgehead atoms. The van der Waals surface area contributed by atoms with Crippen LogP contribution in [0.3, 0.4) is 0 Å². The summed E-state index contributed by atoms with van der Waals surface area (Å²) in [4.78, 5) is 11.7. The third kappa shape index (κ3) is 3.87. The lowest BCUT2D eigenvalue weighted by Gasteiger charge is -2.18. The Kier molecular flexibility index (Phi) is 5.25. The number of amides is 1. The van der Waals surface area contributed by atoms with Gasteiger partial charge >= 0.3 is 0 Å². The highest BCUT2D eigenvalue weighted by Crippen LogP contribution is 2.26. The Morgan fingerprint density at radius 1 is 1.41 bits per heavy atom. The molecule has 0 saturated heterocycles. The van der Waals surface area contributed by atoms with Gasteiger partial charge in [-0.25, -0.2) is 0 Å². The van der Waals surface area contributed by atoms with Gasteiger partial charge in [0.1, 0.15) is 0 Å². The summed E-state index contributed by atoms with van der Waals surface area (Å²) in [5.41, 5.74) is 6.24. The van der Waals surface area contributed by atoms with Gasteiger partial charge in [-0.1, -0.05) is 30.1 Å². The minimum Gasteiger partial charge on any atom is -0.349 e. The monoisotopic (exact) mass is 274 g/mol. The van der Waals surface area contributed by atoms with Crippen LogP contribution in [0.5, 0.6) is 0 Å². The van der Waals surface area contributed by atoms with Gasteiger partial charge in [0.05, 0.1) is 6.04 Å². The van der Waals surface area contributed by atoms with Crippen LogP contribution in [0.25, 0.3) is 0 Å². The van der Waals surface area contributed by atoms with Crippen molar-refractivity contribution in [3.05, 3.63) is 33.8 Å². The van der Waals surface area contributed by atoms with E-state index in [0.717, 1.165) is 5.56 Å². The van der Waals surface area contributed by atoms with Gasteiger partial charge < -0.3 is 11.1 Å². The maximum atomic E-state index is 11.7. The third-order valence-corrected chi connectivity index (χ3v) is 3.16. The molecule has 0 aromatic heterocycles. The van der Waals surface area contributed by atoms with Crippen molar-refractivity contribution < 1.29 is 4.79 Å². The lowest BCUT2D eigenvalue weighted by molar-refractivity contribution is -0.124. The van der Waals surface area contributed by atoms with Crippen LogP contribution in [0.1, 0.15) is 25.5 Å². The fraction of sp³-hybridized carbons (Fsp3) is 0.417. The SMILES string of the molecule is CC(CN)C(=O)NC(C)c1cc(Cl)ccc1Cl. The molecule has 2 unspecified atom stereocenters. The van der Waals surface area contributed by atoms with Crippen LogP contribution in [-0.2, 0) is 4.79 Å². The summed E-state index contributed by atoms with van der Waals surface area (Å²) >= 11 is 11.9. The van der Waals surface area contributed by atoms with E-state index in [1.807, 2.05) is 6.92 Å². The van der Waals surface area contributed by atoms with Gasteiger partial charge in [0, 0.05) is 22.5 Å². The van der Waals surface area contributed by atoms with E-state index in [1.165, 1.54) is 0 Å². The van der Waals surface area contributed by atoms with Crippen molar-refractivity contribution in [1.29, 1.82) is 0 Å². The summed E-state index contributed by atoms with van der Waals surface area (Å²) < 4.78 is 0. The molecule has 1 aromatic rings. The molecule has 0 fully saturated rings. The highest BCUT2D eigenvalue weighted by atomic mass is 35.5. The maximum absolute atomic E-state index is 11.7. The van der Waals surface area contributed by atoms with Crippen LogP contribution in [0.4, 0.5) is 0 Å². The van der Waals surface area contributed by atoms with E-state index in [1.54, 1.807) is 25.1 Å². The lowest BCUT2D eigenvalue weighted by Crippen LogP contribution is -2.35. The molecule has 5 heteroatoms. The molecule has 1 aromatic carbocycles. The number of rotatable bonds is 4. The zero-order valence-corrected chi connectivity index (χ0v) is 11.3. The molecule has 0 aliphatic heterocycles. The highest BCUT2D eigenvalue weighted by Gasteiger charge is 2.16. The number of hydrogen-bond donors (Lipinski definition) is 2. The second-order valence-corrected chi connectivity index (χ2v) is 4.88.